The van der Waals surface area contributed by atoms with E-state index >= 15 is 0 Å². The van der Waals surface area contributed by atoms with Gasteiger partial charge < -0.3 is 9.47 Å². The minimum absolute atomic E-state index is 0.560. The number of benzene rings is 1. The van der Waals surface area contributed by atoms with Crippen LogP contribution in [0.15, 0.2) is 42.7 Å². The van der Waals surface area contributed by atoms with E-state index in [0.717, 1.165) is 42.3 Å². The third-order valence-electron chi connectivity index (χ3n) is 6.79. The Bertz CT molecular complexity index is 776. The second-order valence-electron chi connectivity index (χ2n) is 10.2. The SMILES string of the molecule is CCCCCCCCCCCCOc1cnccc1-c1ccccc1OCC(C)CCCCCC. The highest BCUT2D eigenvalue weighted by molar-refractivity contribution is 5.75. The van der Waals surface area contributed by atoms with E-state index in [1.54, 1.807) is 0 Å². The maximum absolute atomic E-state index is 6.30. The fourth-order valence-electron chi connectivity index (χ4n) is 4.54. The van der Waals surface area contributed by atoms with Gasteiger partial charge in [0, 0.05) is 17.3 Å². The fraction of sp³-hybridized carbons (Fsp3) is 0.656. The third-order valence-corrected chi connectivity index (χ3v) is 6.79. The second-order valence-corrected chi connectivity index (χ2v) is 10.2. The molecule has 0 bridgehead atoms. The smallest absolute Gasteiger partial charge is 0.145 e. The molecular weight excluding hydrogens is 430 g/mol. The summed E-state index contributed by atoms with van der Waals surface area (Å²) >= 11 is 0. The van der Waals surface area contributed by atoms with E-state index in [0.29, 0.717) is 5.92 Å². The van der Waals surface area contributed by atoms with Gasteiger partial charge in [-0.3, -0.25) is 4.98 Å². The topological polar surface area (TPSA) is 31.4 Å². The molecular formula is C32H51NO2. The molecule has 0 amide bonds. The first kappa shape index (κ1) is 29.2. The van der Waals surface area contributed by atoms with Crippen LogP contribution in [0.1, 0.15) is 117 Å². The molecule has 0 saturated heterocycles. The molecule has 1 heterocycles. The summed E-state index contributed by atoms with van der Waals surface area (Å²) in [4.78, 5) is 4.33. The van der Waals surface area contributed by atoms with Crippen LogP contribution in [-0.4, -0.2) is 18.2 Å². The van der Waals surface area contributed by atoms with Gasteiger partial charge >= 0.3 is 0 Å². The van der Waals surface area contributed by atoms with Crippen molar-refractivity contribution in [2.75, 3.05) is 13.2 Å². The van der Waals surface area contributed by atoms with Crippen molar-refractivity contribution in [2.24, 2.45) is 5.92 Å². The standard InChI is InChI=1S/C32H51NO2/c1-4-6-8-10-11-12-13-14-15-19-25-34-32-26-33-24-23-30(32)29-21-17-18-22-31(29)35-27-28(3)20-16-9-7-5-2/h17-18,21-24,26,28H,4-16,19-20,25,27H2,1-3H3. The molecule has 3 heteroatoms. The summed E-state index contributed by atoms with van der Waals surface area (Å²) in [6, 6.07) is 10.4. The first-order valence-electron chi connectivity index (χ1n) is 14.5. The predicted octanol–water partition coefficient (Wildman–Crippen LogP) is 10.0. The Kier molecular flexibility index (Phi) is 16.0. The lowest BCUT2D eigenvalue weighted by Crippen LogP contribution is -2.09. The van der Waals surface area contributed by atoms with Crippen LogP contribution in [-0.2, 0) is 0 Å². The molecule has 1 aromatic heterocycles. The Balaban J connectivity index is 1.78. The molecule has 196 valence electrons. The van der Waals surface area contributed by atoms with Gasteiger partial charge in [-0.25, -0.2) is 0 Å². The van der Waals surface area contributed by atoms with Crippen molar-refractivity contribution in [1.29, 1.82) is 0 Å². The molecule has 0 aliphatic heterocycles. The monoisotopic (exact) mass is 481 g/mol. The zero-order valence-electron chi connectivity index (χ0n) is 22.9. The Hall–Kier alpha value is -2.03. The van der Waals surface area contributed by atoms with Gasteiger partial charge in [0.25, 0.3) is 0 Å². The molecule has 0 fully saturated rings. The van der Waals surface area contributed by atoms with Gasteiger partial charge in [-0.05, 0) is 30.9 Å². The number of rotatable bonds is 21. The second kappa shape index (κ2) is 19.2. The number of hydrogen-bond acceptors (Lipinski definition) is 3. The molecule has 35 heavy (non-hydrogen) atoms. The number of nitrogens with zero attached hydrogens (tertiary/aromatic N) is 1. The number of para-hydroxylation sites is 1. The van der Waals surface area contributed by atoms with Gasteiger partial charge in [-0.15, -0.1) is 0 Å². The predicted molar refractivity (Wildman–Crippen MR) is 150 cm³/mol. The molecule has 3 nitrogen and oxygen atoms in total. The zero-order chi connectivity index (χ0) is 25.0. The van der Waals surface area contributed by atoms with E-state index in [-0.39, 0.29) is 0 Å². The van der Waals surface area contributed by atoms with Gasteiger partial charge in [-0.2, -0.15) is 0 Å². The lowest BCUT2D eigenvalue weighted by molar-refractivity contribution is 0.249. The van der Waals surface area contributed by atoms with Gasteiger partial charge in [0.2, 0.25) is 0 Å². The highest BCUT2D eigenvalue weighted by Gasteiger charge is 2.13. The van der Waals surface area contributed by atoms with Crippen molar-refractivity contribution >= 4 is 0 Å². The summed E-state index contributed by atoms with van der Waals surface area (Å²) in [5.74, 6) is 2.35. The summed E-state index contributed by atoms with van der Waals surface area (Å²) in [7, 11) is 0. The van der Waals surface area contributed by atoms with Crippen LogP contribution >= 0.6 is 0 Å². The fourth-order valence-corrected chi connectivity index (χ4v) is 4.54. The lowest BCUT2D eigenvalue weighted by atomic mass is 10.0. The van der Waals surface area contributed by atoms with Gasteiger partial charge in [-0.1, -0.05) is 122 Å². The van der Waals surface area contributed by atoms with Crippen molar-refractivity contribution in [1.82, 2.24) is 4.98 Å². The Morgan fingerprint density at radius 3 is 1.97 bits per heavy atom. The average Bonchev–Trinajstić information content (AvgIpc) is 2.89. The van der Waals surface area contributed by atoms with E-state index in [4.69, 9.17) is 9.47 Å². The van der Waals surface area contributed by atoms with E-state index in [9.17, 15) is 0 Å². The summed E-state index contributed by atoms with van der Waals surface area (Å²) in [6.45, 7) is 8.33. The lowest BCUT2D eigenvalue weighted by Gasteiger charge is -2.17. The molecule has 0 aliphatic rings. The minimum atomic E-state index is 0.560. The van der Waals surface area contributed by atoms with Crippen LogP contribution < -0.4 is 9.47 Å². The number of hydrogen-bond donors (Lipinski definition) is 0. The van der Waals surface area contributed by atoms with Gasteiger partial charge in [0.15, 0.2) is 0 Å². The van der Waals surface area contributed by atoms with Crippen LogP contribution in [0.4, 0.5) is 0 Å². The summed E-state index contributed by atoms with van der Waals surface area (Å²) in [5, 5.41) is 0. The molecule has 2 aromatic rings. The first-order valence-corrected chi connectivity index (χ1v) is 14.5. The average molecular weight is 482 g/mol. The molecule has 0 N–H and O–H groups in total. The van der Waals surface area contributed by atoms with Crippen molar-refractivity contribution in [3.05, 3.63) is 42.7 Å². The maximum atomic E-state index is 6.30. The molecule has 1 aromatic carbocycles. The van der Waals surface area contributed by atoms with E-state index in [1.165, 1.54) is 89.9 Å². The van der Waals surface area contributed by atoms with Crippen molar-refractivity contribution in [2.45, 2.75) is 117 Å². The van der Waals surface area contributed by atoms with Crippen LogP contribution in [0.25, 0.3) is 11.1 Å². The van der Waals surface area contributed by atoms with E-state index < -0.39 is 0 Å². The summed E-state index contributed by atoms with van der Waals surface area (Å²) < 4.78 is 12.5. The molecule has 1 unspecified atom stereocenters. The largest absolute Gasteiger partial charge is 0.493 e. The maximum Gasteiger partial charge on any atom is 0.145 e. The Morgan fingerprint density at radius 1 is 0.657 bits per heavy atom. The molecule has 1 atom stereocenters. The van der Waals surface area contributed by atoms with Crippen LogP contribution in [0.5, 0.6) is 11.5 Å². The summed E-state index contributed by atoms with van der Waals surface area (Å²) in [5.41, 5.74) is 2.16. The van der Waals surface area contributed by atoms with E-state index in [1.807, 2.05) is 18.5 Å². The van der Waals surface area contributed by atoms with Crippen LogP contribution in [0.2, 0.25) is 0 Å². The quantitative estimate of drug-likeness (QED) is 0.166. The third kappa shape index (κ3) is 12.5. The normalized spacial score (nSPS) is 12.0. The number of aromatic nitrogens is 1. The first-order chi connectivity index (χ1) is 17.3. The number of pyridine rings is 1. The molecule has 0 aliphatic carbocycles. The number of unbranched alkanes of at least 4 members (excludes halogenated alkanes) is 12. The van der Waals surface area contributed by atoms with Crippen LogP contribution in [0, 0.1) is 5.92 Å². The molecule has 0 spiro atoms. The van der Waals surface area contributed by atoms with Gasteiger partial charge in [0.05, 0.1) is 19.4 Å². The Morgan fingerprint density at radius 2 is 1.26 bits per heavy atom. The van der Waals surface area contributed by atoms with Crippen LogP contribution in [0.3, 0.4) is 0 Å². The molecule has 2 rings (SSSR count). The molecule has 0 saturated carbocycles. The molecule has 0 radical (unpaired) electrons. The minimum Gasteiger partial charge on any atom is -0.493 e. The highest BCUT2D eigenvalue weighted by atomic mass is 16.5. The zero-order valence-corrected chi connectivity index (χ0v) is 22.9. The number of ether oxygens (including phenoxy) is 2. The van der Waals surface area contributed by atoms with Crippen molar-refractivity contribution < 1.29 is 9.47 Å². The summed E-state index contributed by atoms with van der Waals surface area (Å²) in [6.07, 6.45) is 23.5. The van der Waals surface area contributed by atoms with Gasteiger partial charge in [0.1, 0.15) is 11.5 Å². The van der Waals surface area contributed by atoms with Crippen molar-refractivity contribution in [3.8, 4) is 22.6 Å². The van der Waals surface area contributed by atoms with E-state index in [2.05, 4.69) is 50.0 Å². The Labute approximate surface area is 216 Å². The highest BCUT2D eigenvalue weighted by Crippen LogP contribution is 2.36. The van der Waals surface area contributed by atoms with Crippen molar-refractivity contribution in [3.63, 3.8) is 0 Å².